The molecule has 0 aromatic carbocycles. The second-order valence-corrected chi connectivity index (χ2v) is 39.7. The van der Waals surface area contributed by atoms with Gasteiger partial charge in [0.1, 0.15) is 0 Å². The number of hydrogen-bond donors (Lipinski definition) is 0. The molecule has 1 radical (unpaired) electrons. The number of aryl methyl sites for hydroxylation is 1. The van der Waals surface area contributed by atoms with Crippen molar-refractivity contribution in [2.24, 2.45) is 0 Å². The predicted molar refractivity (Wildman–Crippen MR) is 126 cm³/mol. The van der Waals surface area contributed by atoms with Crippen LogP contribution in [0.25, 0.3) is 0 Å². The first-order valence-corrected chi connectivity index (χ1v) is 31.5. The molecule has 24 heavy (non-hydrogen) atoms. The van der Waals surface area contributed by atoms with E-state index in [1.807, 2.05) is 4.92 Å². The van der Waals surface area contributed by atoms with E-state index in [0.29, 0.717) is 5.54 Å². The van der Waals surface area contributed by atoms with Crippen LogP contribution in [-0.4, -0.2) is 55.0 Å². The first kappa shape index (κ1) is 25.6. The molecule has 0 N–H and O–H groups in total. The molecule has 0 fully saturated rings. The molecule has 1 rings (SSSR count). The fourth-order valence-electron chi connectivity index (χ4n) is 4.25. The minimum absolute atomic E-state index is 0.298. The molecule has 0 aliphatic carbocycles. The molecule has 5 heteroatoms. The van der Waals surface area contributed by atoms with Crippen LogP contribution < -0.4 is 4.92 Å². The van der Waals surface area contributed by atoms with E-state index in [1.165, 1.54) is 0 Å². The van der Waals surface area contributed by atoms with Gasteiger partial charge in [0.05, 0.1) is 0 Å². The van der Waals surface area contributed by atoms with Crippen molar-refractivity contribution >= 4 is 59.8 Å². The van der Waals surface area contributed by atoms with Crippen molar-refractivity contribution in [1.82, 2.24) is 2.79 Å². The summed E-state index contributed by atoms with van der Waals surface area (Å²) in [6.45, 7) is 19.5. The molecule has 0 aliphatic heterocycles. The molecular formula is C19H43NPSiSn2. The molecule has 0 amide bonds. The van der Waals surface area contributed by atoms with E-state index in [2.05, 4.69) is 87.1 Å². The summed E-state index contributed by atoms with van der Waals surface area (Å²) < 4.78 is 3.03. The van der Waals surface area contributed by atoms with Gasteiger partial charge in [0.15, 0.2) is 0 Å². The Kier molecular flexibility index (Phi) is 9.76. The predicted octanol–water partition coefficient (Wildman–Crippen LogP) is 6.36. The van der Waals surface area contributed by atoms with E-state index < -0.39 is 46.6 Å². The summed E-state index contributed by atoms with van der Waals surface area (Å²) in [4.78, 5) is 16.6. The second-order valence-electron chi connectivity index (χ2n) is 10.1. The van der Waals surface area contributed by atoms with Crippen molar-refractivity contribution < 1.29 is 0 Å². The zero-order valence-electron chi connectivity index (χ0n) is 18.9. The van der Waals surface area contributed by atoms with Gasteiger partial charge in [-0.05, 0) is 0 Å². The summed E-state index contributed by atoms with van der Waals surface area (Å²) in [6.07, 6.45) is 0. The van der Waals surface area contributed by atoms with Crippen LogP contribution in [0.3, 0.4) is 0 Å². The monoisotopic (exact) mass is 584 g/mol. The SMILES string of the molecule is Cc1[pH]c([Si](C)(C)[N](C(C)(C)C)[Sn]([CH3])([CH3])[CH3])c(C)c1C.[CH3][Sn]([CH3])[CH3]. The third kappa shape index (κ3) is 6.94. The summed E-state index contributed by atoms with van der Waals surface area (Å²) in [5, 5.41) is 1.62. The zero-order valence-corrected chi connectivity index (χ0v) is 26.7. The normalized spacial score (nSPS) is 13.7. The maximum atomic E-state index is 3.03. The molecule has 0 saturated carbocycles. The van der Waals surface area contributed by atoms with Crippen molar-refractivity contribution in [3.8, 4) is 0 Å². The van der Waals surface area contributed by atoms with Crippen LogP contribution >= 0.6 is 8.19 Å². The summed E-state index contributed by atoms with van der Waals surface area (Å²) in [5.74, 6) is 0. The zero-order chi connectivity index (χ0) is 19.7. The van der Waals surface area contributed by atoms with Crippen molar-refractivity contribution in [1.29, 1.82) is 0 Å². The summed E-state index contributed by atoms with van der Waals surface area (Å²) >= 11 is -2.69. The third-order valence-electron chi connectivity index (χ3n) is 4.32. The van der Waals surface area contributed by atoms with E-state index in [1.54, 1.807) is 16.4 Å². The van der Waals surface area contributed by atoms with Crippen molar-refractivity contribution in [2.45, 2.75) is 89.8 Å². The molecule has 0 bridgehead atoms. The Morgan fingerprint density at radius 1 is 0.917 bits per heavy atom. The molecule has 141 valence electrons. The Hall–Kier alpha value is 1.55. The molecule has 0 aliphatic rings. The van der Waals surface area contributed by atoms with Gasteiger partial charge in [-0.1, -0.05) is 0 Å². The molecular weight excluding hydrogens is 539 g/mol. The van der Waals surface area contributed by atoms with Gasteiger partial charge in [0, 0.05) is 0 Å². The Morgan fingerprint density at radius 3 is 1.50 bits per heavy atom. The molecule has 1 aromatic heterocycles. The van der Waals surface area contributed by atoms with Crippen LogP contribution in [0.5, 0.6) is 0 Å². The number of nitrogens with zero attached hydrogens (tertiary/aromatic N) is 1. The Balaban J connectivity index is 0.00000118. The van der Waals surface area contributed by atoms with Gasteiger partial charge in [-0.25, -0.2) is 0 Å². The van der Waals surface area contributed by atoms with Crippen LogP contribution in [0.2, 0.25) is 42.7 Å². The van der Waals surface area contributed by atoms with Gasteiger partial charge in [0.2, 0.25) is 0 Å². The van der Waals surface area contributed by atoms with Crippen LogP contribution in [0, 0.1) is 20.8 Å². The molecule has 1 unspecified atom stereocenters. The van der Waals surface area contributed by atoms with E-state index in [4.69, 9.17) is 0 Å². The topological polar surface area (TPSA) is 3.24 Å². The summed E-state index contributed by atoms with van der Waals surface area (Å²) in [5.41, 5.74) is 3.48. The quantitative estimate of drug-likeness (QED) is 0.376. The van der Waals surface area contributed by atoms with Gasteiger partial charge >= 0.3 is 169 Å². The number of hydrogen-bond acceptors (Lipinski definition) is 1. The van der Waals surface area contributed by atoms with E-state index >= 15 is 0 Å². The van der Waals surface area contributed by atoms with E-state index in [-0.39, 0.29) is 0 Å². The average Bonchev–Trinajstić information content (AvgIpc) is 2.52. The van der Waals surface area contributed by atoms with Crippen LogP contribution in [0.1, 0.15) is 37.2 Å². The standard InChI is InChI=1S/C13H25NPSi.6CH3.2Sn/c1-9-10(2)12(15-11(9)3)16(7,8)14-13(4,5)6;;;;;;;;/h15H,1-8H3;6*1H3;;/q-1;;;;;;;;+1. The second kappa shape index (κ2) is 9.16. The Bertz CT molecular complexity index is 520. The van der Waals surface area contributed by atoms with E-state index in [0.717, 1.165) is 8.19 Å². The first-order chi connectivity index (χ1) is 10.4. The molecule has 1 nitrogen and oxygen atoms in total. The molecule has 0 saturated heterocycles. The minimum atomic E-state index is -2.15. The maximum absolute atomic E-state index is 3.03. The van der Waals surface area contributed by atoms with Gasteiger partial charge in [0.25, 0.3) is 0 Å². The number of rotatable bonds is 3. The molecule has 1 atom stereocenters. The first-order valence-electron chi connectivity index (χ1n) is 9.17. The fraction of sp³-hybridized carbons (Fsp3) is 0.789. The fourth-order valence-corrected chi connectivity index (χ4v) is 34.2. The van der Waals surface area contributed by atoms with Crippen molar-refractivity contribution in [3.05, 3.63) is 16.4 Å². The van der Waals surface area contributed by atoms with Crippen molar-refractivity contribution in [3.63, 3.8) is 0 Å². The average molecular weight is 582 g/mol. The Labute approximate surface area is 167 Å². The van der Waals surface area contributed by atoms with Gasteiger partial charge in [-0.3, -0.25) is 0 Å². The molecule has 1 heterocycles. The summed E-state index contributed by atoms with van der Waals surface area (Å²) in [6, 6.07) is 0. The molecule has 1 aromatic rings. The Morgan fingerprint density at radius 2 is 1.29 bits per heavy atom. The molecule has 0 spiro atoms. The third-order valence-corrected chi connectivity index (χ3v) is 26.3. The van der Waals surface area contributed by atoms with Crippen LogP contribution in [-0.2, 0) is 0 Å². The summed E-state index contributed by atoms with van der Waals surface area (Å²) in [7, 11) is -0.591. The van der Waals surface area contributed by atoms with Gasteiger partial charge in [-0.15, -0.1) is 0 Å². The van der Waals surface area contributed by atoms with E-state index in [9.17, 15) is 0 Å². The van der Waals surface area contributed by atoms with Gasteiger partial charge < -0.3 is 0 Å². The van der Waals surface area contributed by atoms with Crippen LogP contribution in [0.4, 0.5) is 0 Å². The van der Waals surface area contributed by atoms with Crippen molar-refractivity contribution in [2.75, 3.05) is 0 Å². The van der Waals surface area contributed by atoms with Crippen LogP contribution in [0.15, 0.2) is 0 Å². The van der Waals surface area contributed by atoms with Gasteiger partial charge in [-0.2, -0.15) is 0 Å².